The van der Waals surface area contributed by atoms with E-state index < -0.39 is 27.2 Å². The first-order valence-corrected chi connectivity index (χ1v) is 7.67. The normalized spacial score (nSPS) is 20.7. The number of rotatable bonds is 5. The molecule has 0 spiro atoms. The molecule has 0 aromatic heterocycles. The minimum atomic E-state index is -4.39. The van der Waals surface area contributed by atoms with E-state index in [0.717, 1.165) is 12.8 Å². The largest absolute Gasteiger partial charge is 0.411 e. The average Bonchev–Trinajstić information content (AvgIpc) is 2.47. The van der Waals surface area contributed by atoms with Gasteiger partial charge in [0.05, 0.1) is 12.4 Å². The average molecular weight is 295 g/mol. The summed E-state index contributed by atoms with van der Waals surface area (Å²) < 4.78 is 62.4. The highest BCUT2D eigenvalue weighted by Gasteiger charge is 2.39. The van der Waals surface area contributed by atoms with E-state index in [4.69, 9.17) is 10.7 Å². The summed E-state index contributed by atoms with van der Waals surface area (Å²) in [4.78, 5) is 0. The van der Waals surface area contributed by atoms with Crippen LogP contribution in [0.2, 0.25) is 0 Å². The minimum Gasteiger partial charge on any atom is -0.371 e. The lowest BCUT2D eigenvalue weighted by Crippen LogP contribution is -2.32. The Bertz CT molecular complexity index is 347. The Morgan fingerprint density at radius 2 is 1.76 bits per heavy atom. The molecule has 0 amide bonds. The minimum absolute atomic E-state index is 0.210. The van der Waals surface area contributed by atoms with E-state index in [1.807, 2.05) is 0 Å². The second-order valence-corrected chi connectivity index (χ2v) is 7.28. The molecule has 0 heterocycles. The molecule has 1 rings (SSSR count). The topological polar surface area (TPSA) is 43.4 Å². The van der Waals surface area contributed by atoms with Crippen LogP contribution in [0.1, 0.15) is 25.7 Å². The number of ether oxygens (including phenoxy) is 1. The summed E-state index contributed by atoms with van der Waals surface area (Å²) in [6, 6.07) is 0. The molecular weight excluding hydrogens is 281 g/mol. The maximum atomic E-state index is 11.9. The monoisotopic (exact) mass is 294 g/mol. The third kappa shape index (κ3) is 5.92. The molecule has 1 aliphatic rings. The van der Waals surface area contributed by atoms with Gasteiger partial charge in [-0.2, -0.15) is 13.2 Å². The van der Waals surface area contributed by atoms with Crippen molar-refractivity contribution in [2.75, 3.05) is 19.0 Å². The molecule has 0 bridgehead atoms. The number of alkyl halides is 3. The molecule has 8 heteroatoms. The summed E-state index contributed by atoms with van der Waals surface area (Å²) in [7, 11) is 1.45. The van der Waals surface area contributed by atoms with Gasteiger partial charge in [-0.3, -0.25) is 0 Å². The fourth-order valence-electron chi connectivity index (χ4n) is 2.20. The van der Waals surface area contributed by atoms with Crippen LogP contribution in [-0.2, 0) is 13.8 Å². The summed E-state index contributed by atoms with van der Waals surface area (Å²) in [5.74, 6) is -0.320. The van der Waals surface area contributed by atoms with Crippen molar-refractivity contribution in [1.29, 1.82) is 0 Å². The molecule has 3 nitrogen and oxygen atoms in total. The Balaban J connectivity index is 2.55. The summed E-state index contributed by atoms with van der Waals surface area (Å²) in [6.07, 6.45) is -1.73. The fraction of sp³-hybridized carbons (Fsp3) is 1.00. The smallest absolute Gasteiger partial charge is 0.371 e. The van der Waals surface area contributed by atoms with Crippen LogP contribution in [0.4, 0.5) is 13.2 Å². The van der Waals surface area contributed by atoms with Crippen LogP contribution < -0.4 is 0 Å². The zero-order valence-electron chi connectivity index (χ0n) is 9.09. The molecule has 0 aromatic rings. The molecule has 0 unspecified atom stereocenters. The predicted octanol–water partition coefficient (Wildman–Crippen LogP) is 2.69. The van der Waals surface area contributed by atoms with Crippen molar-refractivity contribution >= 4 is 19.7 Å². The highest BCUT2D eigenvalue weighted by Crippen LogP contribution is 2.40. The number of hydrogen-bond donors (Lipinski definition) is 0. The van der Waals surface area contributed by atoms with E-state index in [2.05, 4.69) is 4.74 Å². The van der Waals surface area contributed by atoms with Gasteiger partial charge in [0.15, 0.2) is 0 Å². The predicted molar refractivity (Wildman–Crippen MR) is 57.4 cm³/mol. The Hall–Kier alpha value is -0.0100. The van der Waals surface area contributed by atoms with Gasteiger partial charge in [0, 0.05) is 16.1 Å². The van der Waals surface area contributed by atoms with E-state index in [0.29, 0.717) is 12.8 Å². The van der Waals surface area contributed by atoms with Crippen molar-refractivity contribution in [3.8, 4) is 0 Å². The highest BCUT2D eigenvalue weighted by atomic mass is 35.7. The number of hydrogen-bond acceptors (Lipinski definition) is 3. The maximum Gasteiger partial charge on any atom is 0.411 e. The first-order chi connectivity index (χ1) is 7.62. The summed E-state index contributed by atoms with van der Waals surface area (Å²) in [6.45, 7) is -1.56. The fourth-order valence-corrected chi connectivity index (χ4v) is 4.00. The second kappa shape index (κ2) is 5.32. The van der Waals surface area contributed by atoms with Gasteiger partial charge in [0.1, 0.15) is 6.61 Å². The van der Waals surface area contributed by atoms with Crippen molar-refractivity contribution < 1.29 is 26.3 Å². The number of halogens is 4. The van der Waals surface area contributed by atoms with Crippen LogP contribution in [0.5, 0.6) is 0 Å². The lowest BCUT2D eigenvalue weighted by molar-refractivity contribution is -0.179. The Morgan fingerprint density at radius 1 is 1.24 bits per heavy atom. The summed E-state index contributed by atoms with van der Waals surface area (Å²) in [5.41, 5.74) is -0.744. The van der Waals surface area contributed by atoms with E-state index in [-0.39, 0.29) is 12.4 Å². The van der Waals surface area contributed by atoms with Gasteiger partial charge in [-0.15, -0.1) is 0 Å². The van der Waals surface area contributed by atoms with Gasteiger partial charge in [-0.25, -0.2) is 8.42 Å². The van der Waals surface area contributed by atoms with Crippen molar-refractivity contribution in [1.82, 2.24) is 0 Å². The molecule has 0 aliphatic heterocycles. The lowest BCUT2D eigenvalue weighted by atomic mass is 9.90. The Kier molecular flexibility index (Phi) is 4.71. The second-order valence-electron chi connectivity index (χ2n) is 4.50. The molecular formula is C9H14ClF3O3S. The van der Waals surface area contributed by atoms with E-state index in [1.165, 1.54) is 0 Å². The third-order valence-corrected chi connectivity index (χ3v) is 4.10. The molecule has 1 aliphatic carbocycles. The van der Waals surface area contributed by atoms with E-state index in [9.17, 15) is 21.6 Å². The molecule has 0 N–H and O–H groups in total. The molecule has 1 fully saturated rings. The molecule has 0 radical (unpaired) electrons. The first kappa shape index (κ1) is 15.0. The van der Waals surface area contributed by atoms with Gasteiger partial charge in [0.25, 0.3) is 0 Å². The van der Waals surface area contributed by atoms with Gasteiger partial charge < -0.3 is 4.74 Å². The first-order valence-electron chi connectivity index (χ1n) is 5.19. The van der Waals surface area contributed by atoms with E-state index >= 15 is 0 Å². The van der Waals surface area contributed by atoms with Gasteiger partial charge >= 0.3 is 6.18 Å². The quantitative estimate of drug-likeness (QED) is 0.732. The van der Waals surface area contributed by atoms with Crippen LogP contribution >= 0.6 is 10.7 Å². The lowest BCUT2D eigenvalue weighted by Gasteiger charge is -2.27. The van der Waals surface area contributed by atoms with Gasteiger partial charge in [-0.05, 0) is 12.8 Å². The highest BCUT2D eigenvalue weighted by molar-refractivity contribution is 8.13. The van der Waals surface area contributed by atoms with Gasteiger partial charge in [-0.1, -0.05) is 12.8 Å². The molecule has 102 valence electrons. The summed E-state index contributed by atoms with van der Waals surface area (Å²) in [5, 5.41) is 0. The van der Waals surface area contributed by atoms with Crippen LogP contribution in [0.25, 0.3) is 0 Å². The maximum absolute atomic E-state index is 11.9. The van der Waals surface area contributed by atoms with Crippen LogP contribution in [0.3, 0.4) is 0 Å². The zero-order valence-corrected chi connectivity index (χ0v) is 10.7. The SMILES string of the molecule is O=S(=O)(Cl)CC1(COCC(F)(F)F)CCCC1. The van der Waals surface area contributed by atoms with E-state index in [1.54, 1.807) is 0 Å². The van der Waals surface area contributed by atoms with Crippen LogP contribution in [0.15, 0.2) is 0 Å². The third-order valence-electron chi connectivity index (χ3n) is 2.82. The molecule has 17 heavy (non-hydrogen) atoms. The molecule has 0 aromatic carbocycles. The zero-order chi connectivity index (χ0) is 13.2. The van der Waals surface area contributed by atoms with Gasteiger partial charge in [0.2, 0.25) is 9.05 Å². The van der Waals surface area contributed by atoms with Crippen molar-refractivity contribution in [2.24, 2.45) is 5.41 Å². The van der Waals surface area contributed by atoms with Crippen LogP contribution in [0, 0.1) is 5.41 Å². The van der Waals surface area contributed by atoms with Crippen molar-refractivity contribution in [3.63, 3.8) is 0 Å². The molecule has 0 atom stereocenters. The Morgan fingerprint density at radius 3 is 2.18 bits per heavy atom. The van der Waals surface area contributed by atoms with Crippen molar-refractivity contribution in [3.05, 3.63) is 0 Å². The van der Waals surface area contributed by atoms with Crippen molar-refractivity contribution in [2.45, 2.75) is 31.9 Å². The summed E-state index contributed by atoms with van der Waals surface area (Å²) >= 11 is 0. The molecule has 1 saturated carbocycles. The van der Waals surface area contributed by atoms with Crippen LogP contribution in [-0.4, -0.2) is 33.6 Å². The Labute approximate surface area is 103 Å². The molecule has 0 saturated heterocycles. The standard InChI is InChI=1S/C9H14ClF3O3S/c10-17(14,15)7-8(3-1-2-4-8)5-16-6-9(11,12)13/h1-7H2.